The minimum absolute atomic E-state index is 0.0116. The molecule has 3 nitrogen and oxygen atoms in total. The zero-order valence-electron chi connectivity index (χ0n) is 5.21. The SMILES string of the molecule is N=C1C=C[I-]C=CC1=NN. The van der Waals surface area contributed by atoms with Crippen LogP contribution in [0.3, 0.4) is 0 Å². The molecule has 0 saturated heterocycles. The molecule has 0 aliphatic carbocycles. The van der Waals surface area contributed by atoms with Crippen LogP contribution < -0.4 is 27.0 Å². The number of allylic oxidation sites excluding steroid dienone is 2. The van der Waals surface area contributed by atoms with E-state index in [-0.39, 0.29) is 21.2 Å². The summed E-state index contributed by atoms with van der Waals surface area (Å²) in [5, 5.41) is 10.8. The molecule has 0 unspecified atom stereocenters. The molecule has 0 fully saturated rings. The van der Waals surface area contributed by atoms with Crippen molar-refractivity contribution in [1.82, 2.24) is 0 Å². The van der Waals surface area contributed by atoms with Gasteiger partial charge in [-0.25, -0.2) is 0 Å². The van der Waals surface area contributed by atoms with Gasteiger partial charge in [0.1, 0.15) is 0 Å². The second kappa shape index (κ2) is 3.50. The number of hydrazone groups is 1. The second-order valence-corrected chi connectivity index (χ2v) is 3.80. The van der Waals surface area contributed by atoms with Gasteiger partial charge in [0.2, 0.25) is 0 Å². The first-order valence-electron chi connectivity index (χ1n) is 2.66. The van der Waals surface area contributed by atoms with Gasteiger partial charge in [0.15, 0.2) is 0 Å². The summed E-state index contributed by atoms with van der Waals surface area (Å²) >= 11 is -0.0116. The molecule has 0 bridgehead atoms. The molecule has 0 spiro atoms. The van der Waals surface area contributed by atoms with E-state index >= 15 is 0 Å². The quantitative estimate of drug-likeness (QED) is 0.277. The Hall–Kier alpha value is -0.650. The van der Waals surface area contributed by atoms with Gasteiger partial charge in [-0.05, 0) is 0 Å². The van der Waals surface area contributed by atoms with Crippen molar-refractivity contribution in [2.75, 3.05) is 0 Å². The fourth-order valence-electron chi connectivity index (χ4n) is 0.525. The third-order valence-electron chi connectivity index (χ3n) is 1.01. The maximum atomic E-state index is 7.35. The Labute approximate surface area is 69.5 Å². The summed E-state index contributed by atoms with van der Waals surface area (Å²) in [6, 6.07) is 0. The molecular formula is C6H7IN3-. The Balaban J connectivity index is 2.91. The van der Waals surface area contributed by atoms with E-state index in [1.165, 1.54) is 0 Å². The number of nitrogens with one attached hydrogen (secondary N) is 1. The summed E-state index contributed by atoms with van der Waals surface area (Å²) < 4.78 is 4.04. The van der Waals surface area contributed by atoms with Crippen molar-refractivity contribution < 1.29 is 21.2 Å². The van der Waals surface area contributed by atoms with Gasteiger partial charge in [-0.3, -0.25) is 0 Å². The summed E-state index contributed by atoms with van der Waals surface area (Å²) in [5.74, 6) is 5.04. The average molecular weight is 248 g/mol. The molecule has 10 heavy (non-hydrogen) atoms. The number of nitrogens with zero attached hydrogens (tertiary/aromatic N) is 1. The maximum absolute atomic E-state index is 7.35. The van der Waals surface area contributed by atoms with E-state index in [9.17, 15) is 0 Å². The van der Waals surface area contributed by atoms with Crippen molar-refractivity contribution in [1.29, 1.82) is 5.41 Å². The van der Waals surface area contributed by atoms with E-state index in [0.717, 1.165) is 0 Å². The fourth-order valence-corrected chi connectivity index (χ4v) is 1.88. The van der Waals surface area contributed by atoms with Gasteiger partial charge in [0.05, 0.1) is 0 Å². The van der Waals surface area contributed by atoms with Gasteiger partial charge < -0.3 is 0 Å². The first kappa shape index (κ1) is 7.46. The Bertz CT molecular complexity index is 227. The van der Waals surface area contributed by atoms with Crippen LogP contribution in [0.5, 0.6) is 0 Å². The van der Waals surface area contributed by atoms with Crippen molar-refractivity contribution >= 4 is 11.4 Å². The van der Waals surface area contributed by atoms with Gasteiger partial charge >= 0.3 is 69.3 Å². The van der Waals surface area contributed by atoms with Crippen LogP contribution in [-0.4, -0.2) is 11.4 Å². The predicted octanol–water partition coefficient (Wildman–Crippen LogP) is -2.55. The molecule has 0 atom stereocenters. The summed E-state index contributed by atoms with van der Waals surface area (Å²) in [7, 11) is 0. The van der Waals surface area contributed by atoms with Crippen LogP contribution in [0, 0.1) is 5.41 Å². The molecule has 1 rings (SSSR count). The van der Waals surface area contributed by atoms with E-state index in [1.807, 2.05) is 8.17 Å². The average Bonchev–Trinajstić information content (AvgIpc) is 2.13. The molecule has 0 amide bonds. The molecule has 0 saturated carbocycles. The Kier molecular flexibility index (Phi) is 2.61. The molecule has 1 aliphatic heterocycles. The van der Waals surface area contributed by atoms with E-state index in [2.05, 4.69) is 5.10 Å². The molecule has 54 valence electrons. The third kappa shape index (κ3) is 1.66. The molecule has 0 aromatic heterocycles. The zero-order valence-corrected chi connectivity index (χ0v) is 7.37. The standard InChI is InChI=1S/C6H7IN3/c8-5-1-3-7-4-2-6(5)10-9/h1-4,8H,9H2/q-1. The van der Waals surface area contributed by atoms with Crippen LogP contribution >= 0.6 is 0 Å². The third-order valence-corrected chi connectivity index (χ3v) is 2.56. The zero-order chi connectivity index (χ0) is 7.40. The van der Waals surface area contributed by atoms with Crippen LogP contribution in [0.1, 0.15) is 0 Å². The monoisotopic (exact) mass is 248 g/mol. The number of hydrogen-bond acceptors (Lipinski definition) is 3. The molecule has 0 aromatic rings. The minimum atomic E-state index is -0.0116. The molecule has 3 N–H and O–H groups in total. The van der Waals surface area contributed by atoms with Crippen LogP contribution in [0.2, 0.25) is 0 Å². The molecule has 0 radical (unpaired) electrons. The van der Waals surface area contributed by atoms with Crippen molar-refractivity contribution in [3.63, 3.8) is 0 Å². The van der Waals surface area contributed by atoms with E-state index in [4.69, 9.17) is 11.3 Å². The van der Waals surface area contributed by atoms with Crippen LogP contribution in [0.15, 0.2) is 25.4 Å². The van der Waals surface area contributed by atoms with Gasteiger partial charge in [0.25, 0.3) is 0 Å². The number of hydrogen-bond donors (Lipinski definition) is 2. The first-order chi connectivity index (χ1) is 4.84. The van der Waals surface area contributed by atoms with Crippen molar-refractivity contribution in [2.24, 2.45) is 10.9 Å². The van der Waals surface area contributed by atoms with E-state index in [0.29, 0.717) is 11.4 Å². The Morgan fingerprint density at radius 2 is 2.10 bits per heavy atom. The molecule has 1 heterocycles. The normalized spacial score (nSPS) is 22.4. The fraction of sp³-hybridized carbons (Fsp3) is 0. The van der Waals surface area contributed by atoms with Crippen LogP contribution in [-0.2, 0) is 0 Å². The molecule has 1 aliphatic rings. The molecular weight excluding hydrogens is 241 g/mol. The van der Waals surface area contributed by atoms with E-state index in [1.54, 1.807) is 12.2 Å². The Morgan fingerprint density at radius 1 is 1.40 bits per heavy atom. The van der Waals surface area contributed by atoms with Crippen LogP contribution in [0.4, 0.5) is 0 Å². The molecule has 0 aromatic carbocycles. The van der Waals surface area contributed by atoms with Gasteiger partial charge in [-0.2, -0.15) is 0 Å². The predicted molar refractivity (Wildman–Crippen MR) is 37.6 cm³/mol. The summed E-state index contributed by atoms with van der Waals surface area (Å²) in [4.78, 5) is 0. The summed E-state index contributed by atoms with van der Waals surface area (Å²) in [6.45, 7) is 0. The van der Waals surface area contributed by atoms with Gasteiger partial charge in [-0.15, -0.1) is 0 Å². The van der Waals surface area contributed by atoms with Crippen molar-refractivity contribution in [3.8, 4) is 0 Å². The van der Waals surface area contributed by atoms with E-state index < -0.39 is 0 Å². The van der Waals surface area contributed by atoms with Crippen LogP contribution in [0.25, 0.3) is 0 Å². The van der Waals surface area contributed by atoms with Gasteiger partial charge in [0, 0.05) is 0 Å². The van der Waals surface area contributed by atoms with Crippen molar-refractivity contribution in [3.05, 3.63) is 20.3 Å². The Morgan fingerprint density at radius 3 is 2.80 bits per heavy atom. The molecule has 4 heteroatoms. The topological polar surface area (TPSA) is 62.2 Å². The van der Waals surface area contributed by atoms with Crippen molar-refractivity contribution in [2.45, 2.75) is 0 Å². The number of halogens is 1. The second-order valence-electron chi connectivity index (χ2n) is 1.64. The summed E-state index contributed by atoms with van der Waals surface area (Å²) in [5.41, 5.74) is 0.962. The van der Waals surface area contributed by atoms with Gasteiger partial charge in [-0.1, -0.05) is 0 Å². The first-order valence-corrected chi connectivity index (χ1v) is 5.15. The number of rotatable bonds is 0. The summed E-state index contributed by atoms with van der Waals surface area (Å²) in [6.07, 6.45) is 3.55. The number of nitrogens with two attached hydrogens (primary N) is 1.